The average Bonchev–Trinajstić information content (AvgIpc) is 3.52. The number of carbonyl (C=O) groups excluding carboxylic acids is 4. The predicted octanol–water partition coefficient (Wildman–Crippen LogP) is 6.77. The summed E-state index contributed by atoms with van der Waals surface area (Å²) in [6.45, 7) is 13.7. The summed E-state index contributed by atoms with van der Waals surface area (Å²) >= 11 is 0. The van der Waals surface area contributed by atoms with E-state index in [0.717, 1.165) is 16.7 Å². The Morgan fingerprint density at radius 3 is 1.42 bits per heavy atom. The van der Waals surface area contributed by atoms with E-state index in [-0.39, 0.29) is 26.2 Å². The van der Waals surface area contributed by atoms with Crippen LogP contribution in [0.1, 0.15) is 72.1 Å². The topological polar surface area (TPSA) is 151 Å². The van der Waals surface area contributed by atoms with Crippen molar-refractivity contribution < 1.29 is 61.8 Å². The monoisotopic (exact) mass is 832 g/mol. The summed E-state index contributed by atoms with van der Waals surface area (Å²) < 4.78 is 57.3. The van der Waals surface area contributed by atoms with Crippen LogP contribution in [0.4, 0.5) is 0 Å². The molecule has 5 rings (SSSR count). The van der Waals surface area contributed by atoms with Crippen molar-refractivity contribution in [1.82, 2.24) is 0 Å². The molecule has 0 aromatic heterocycles. The molecule has 0 N–H and O–H groups in total. The number of carbonyl (C=O) groups is 4. The van der Waals surface area contributed by atoms with Gasteiger partial charge in [-0.25, -0.2) is 0 Å². The SMILES string of the molecule is CC(C)C(=O)OC1O[C@H](Cc2ccccc2)[C@@H](O[C@H]2O[C@H](COCc3ccccc3)[C@@H](OC(=O)C(C)C)[C@H](OC(=O)C(C)C)[C@H]2OCc2ccccc2)[C@H]1OC(=O)C(C)C. The number of benzene rings is 3. The van der Waals surface area contributed by atoms with Gasteiger partial charge in [-0.1, -0.05) is 146 Å². The molecule has 1 unspecified atom stereocenters. The van der Waals surface area contributed by atoms with Crippen LogP contribution in [0.2, 0.25) is 0 Å². The minimum Gasteiger partial charge on any atom is -0.455 e. The largest absolute Gasteiger partial charge is 0.455 e. The Hall–Kier alpha value is -4.66. The molecule has 2 heterocycles. The summed E-state index contributed by atoms with van der Waals surface area (Å²) in [4.78, 5) is 53.5. The maximum absolute atomic E-state index is 13.6. The minimum atomic E-state index is -1.37. The standard InChI is InChI=1S/C47H60O13/c1-28(2)42(48)56-38-36(27-52-25-33-20-14-10-15-21-33)55-46(40(39(38)57-43(49)29(3)4)53-26-34-22-16-11-17-23-34)59-37-35(24-32-18-12-9-13-19-32)54-47(60-45(51)31(7)8)41(37)58-44(50)30(5)6/h9-23,28-31,35-41,46-47H,24-27H2,1-8H3/t35-,36-,37-,38-,39+,40-,41-,46-,47?/m1/s1. The Morgan fingerprint density at radius 1 is 0.467 bits per heavy atom. The summed E-state index contributed by atoms with van der Waals surface area (Å²) in [5.74, 6) is -4.41. The van der Waals surface area contributed by atoms with Crippen LogP contribution in [0.3, 0.4) is 0 Å². The molecule has 13 nitrogen and oxygen atoms in total. The van der Waals surface area contributed by atoms with E-state index < -0.39 is 103 Å². The molecule has 2 fully saturated rings. The van der Waals surface area contributed by atoms with E-state index in [9.17, 15) is 19.2 Å². The number of ether oxygens (including phenoxy) is 9. The number of hydrogen-bond acceptors (Lipinski definition) is 13. The fourth-order valence-corrected chi connectivity index (χ4v) is 6.51. The second-order valence-electron chi connectivity index (χ2n) is 16.4. The van der Waals surface area contributed by atoms with Gasteiger partial charge in [-0.05, 0) is 16.7 Å². The summed E-state index contributed by atoms with van der Waals surface area (Å²) in [6.07, 6.45) is -10.4. The molecule has 3 aromatic carbocycles. The zero-order valence-electron chi connectivity index (χ0n) is 35.8. The fraction of sp³-hybridized carbons (Fsp3) is 0.532. The third kappa shape index (κ3) is 12.9. The van der Waals surface area contributed by atoms with Crippen molar-refractivity contribution in [2.24, 2.45) is 23.7 Å². The number of esters is 4. The summed E-state index contributed by atoms with van der Waals surface area (Å²) in [7, 11) is 0. The highest BCUT2D eigenvalue weighted by atomic mass is 16.8. The molecule has 2 aliphatic heterocycles. The lowest BCUT2D eigenvalue weighted by atomic mass is 9.96. The zero-order valence-corrected chi connectivity index (χ0v) is 35.8. The van der Waals surface area contributed by atoms with Crippen molar-refractivity contribution in [2.75, 3.05) is 6.61 Å². The molecule has 60 heavy (non-hydrogen) atoms. The van der Waals surface area contributed by atoms with E-state index in [1.54, 1.807) is 55.4 Å². The molecule has 0 spiro atoms. The molecular weight excluding hydrogens is 773 g/mol. The van der Waals surface area contributed by atoms with E-state index in [1.165, 1.54) is 0 Å². The predicted molar refractivity (Wildman–Crippen MR) is 219 cm³/mol. The molecule has 2 saturated heterocycles. The molecular formula is C47H60O13. The van der Waals surface area contributed by atoms with Crippen LogP contribution in [-0.4, -0.2) is 85.8 Å². The van der Waals surface area contributed by atoms with Gasteiger partial charge in [0.15, 0.2) is 24.6 Å². The molecule has 9 atom stereocenters. The lowest BCUT2D eigenvalue weighted by molar-refractivity contribution is -0.332. The lowest BCUT2D eigenvalue weighted by Crippen LogP contribution is -2.64. The molecule has 0 saturated carbocycles. The Bertz CT molecular complexity index is 1800. The molecule has 0 amide bonds. The second kappa shape index (κ2) is 22.3. The van der Waals surface area contributed by atoms with Gasteiger partial charge in [0.25, 0.3) is 0 Å². The van der Waals surface area contributed by atoms with Gasteiger partial charge in [0, 0.05) is 6.42 Å². The smallest absolute Gasteiger partial charge is 0.310 e. The van der Waals surface area contributed by atoms with E-state index in [2.05, 4.69) is 0 Å². The highest BCUT2D eigenvalue weighted by molar-refractivity contribution is 5.73. The van der Waals surface area contributed by atoms with Crippen LogP contribution in [0, 0.1) is 23.7 Å². The highest BCUT2D eigenvalue weighted by Gasteiger charge is 2.57. The van der Waals surface area contributed by atoms with Crippen LogP contribution >= 0.6 is 0 Å². The molecule has 0 bridgehead atoms. The van der Waals surface area contributed by atoms with Gasteiger partial charge in [-0.2, -0.15) is 0 Å². The fourth-order valence-electron chi connectivity index (χ4n) is 6.51. The van der Waals surface area contributed by atoms with Crippen molar-refractivity contribution in [3.8, 4) is 0 Å². The van der Waals surface area contributed by atoms with Crippen LogP contribution < -0.4 is 0 Å². The van der Waals surface area contributed by atoms with Gasteiger partial charge in [0.1, 0.15) is 18.3 Å². The van der Waals surface area contributed by atoms with E-state index in [1.807, 2.05) is 91.0 Å². The van der Waals surface area contributed by atoms with Crippen molar-refractivity contribution in [1.29, 1.82) is 0 Å². The first-order valence-corrected chi connectivity index (χ1v) is 20.8. The van der Waals surface area contributed by atoms with Gasteiger partial charge in [-0.3, -0.25) is 19.2 Å². The third-order valence-electron chi connectivity index (χ3n) is 9.98. The Morgan fingerprint density at radius 2 is 0.900 bits per heavy atom. The van der Waals surface area contributed by atoms with Gasteiger partial charge in [0.05, 0.1) is 49.6 Å². The normalized spacial score (nSPS) is 25.4. The van der Waals surface area contributed by atoms with Gasteiger partial charge in [-0.15, -0.1) is 0 Å². The van der Waals surface area contributed by atoms with E-state index in [4.69, 9.17) is 42.6 Å². The maximum atomic E-state index is 13.6. The van der Waals surface area contributed by atoms with Crippen LogP contribution in [-0.2, 0) is 81.4 Å². The van der Waals surface area contributed by atoms with Crippen molar-refractivity contribution >= 4 is 23.9 Å². The molecule has 2 aliphatic rings. The average molecular weight is 833 g/mol. The molecule has 3 aromatic rings. The van der Waals surface area contributed by atoms with E-state index in [0.29, 0.717) is 0 Å². The quantitative estimate of drug-likeness (QED) is 0.0924. The second-order valence-corrected chi connectivity index (χ2v) is 16.4. The third-order valence-corrected chi connectivity index (χ3v) is 9.98. The van der Waals surface area contributed by atoms with Gasteiger partial charge >= 0.3 is 23.9 Å². The Labute approximate surface area is 353 Å². The van der Waals surface area contributed by atoms with Crippen molar-refractivity contribution in [2.45, 2.75) is 130 Å². The highest BCUT2D eigenvalue weighted by Crippen LogP contribution is 2.37. The van der Waals surface area contributed by atoms with Crippen LogP contribution in [0.25, 0.3) is 0 Å². The van der Waals surface area contributed by atoms with E-state index >= 15 is 0 Å². The van der Waals surface area contributed by atoms with Crippen molar-refractivity contribution in [3.05, 3.63) is 108 Å². The summed E-state index contributed by atoms with van der Waals surface area (Å²) in [5.41, 5.74) is 2.57. The number of rotatable bonds is 19. The Balaban J connectivity index is 1.60. The lowest BCUT2D eigenvalue weighted by Gasteiger charge is -2.46. The summed E-state index contributed by atoms with van der Waals surface area (Å²) in [5, 5.41) is 0. The van der Waals surface area contributed by atoms with Crippen molar-refractivity contribution in [3.63, 3.8) is 0 Å². The number of hydrogen-bond donors (Lipinski definition) is 0. The van der Waals surface area contributed by atoms with Crippen LogP contribution in [0.15, 0.2) is 91.0 Å². The zero-order chi connectivity index (χ0) is 43.3. The van der Waals surface area contributed by atoms with Crippen LogP contribution in [0.5, 0.6) is 0 Å². The first-order chi connectivity index (χ1) is 28.7. The molecule has 13 heteroatoms. The first-order valence-electron chi connectivity index (χ1n) is 20.8. The molecule has 0 aliphatic carbocycles. The van der Waals surface area contributed by atoms with Gasteiger partial charge < -0.3 is 42.6 Å². The first kappa shape index (κ1) is 46.4. The van der Waals surface area contributed by atoms with Gasteiger partial charge in [0.2, 0.25) is 6.29 Å². The summed E-state index contributed by atoms with van der Waals surface area (Å²) in [6, 6.07) is 28.4. The molecule has 0 radical (unpaired) electrons. The Kier molecular flexibility index (Phi) is 17.2. The maximum Gasteiger partial charge on any atom is 0.310 e. The molecule has 326 valence electrons. The minimum absolute atomic E-state index is 0.0273.